The van der Waals surface area contributed by atoms with Crippen LogP contribution in [0.4, 0.5) is 4.39 Å². The molecule has 0 fully saturated rings. The van der Waals surface area contributed by atoms with E-state index in [9.17, 15) is 4.39 Å². The second kappa shape index (κ2) is 5.25. The van der Waals surface area contributed by atoms with Gasteiger partial charge in [-0.25, -0.2) is 9.37 Å². The van der Waals surface area contributed by atoms with Crippen LogP contribution in [0, 0.1) is 12.7 Å². The summed E-state index contributed by atoms with van der Waals surface area (Å²) in [5.41, 5.74) is 4.03. The Morgan fingerprint density at radius 3 is 2.75 bits per heavy atom. The monoisotopic (exact) mass is 288 g/mol. The van der Waals surface area contributed by atoms with Crippen LogP contribution in [0.15, 0.2) is 42.5 Å². The molecule has 0 N–H and O–H groups in total. The molecule has 0 saturated heterocycles. The molecule has 20 heavy (non-hydrogen) atoms. The Morgan fingerprint density at radius 2 is 2.00 bits per heavy atom. The minimum Gasteiger partial charge on any atom is -0.322 e. The summed E-state index contributed by atoms with van der Waals surface area (Å²) in [6.07, 6.45) is 0. The van der Waals surface area contributed by atoms with Crippen molar-refractivity contribution in [3.8, 4) is 0 Å². The number of aryl methyl sites for hydroxylation is 1. The number of nitrogens with zero attached hydrogens (tertiary/aromatic N) is 2. The van der Waals surface area contributed by atoms with E-state index in [1.165, 1.54) is 6.07 Å². The number of hydrogen-bond acceptors (Lipinski definition) is 1. The average Bonchev–Trinajstić information content (AvgIpc) is 2.78. The van der Waals surface area contributed by atoms with Crippen LogP contribution in [0.5, 0.6) is 0 Å². The van der Waals surface area contributed by atoms with Crippen molar-refractivity contribution in [1.82, 2.24) is 9.55 Å². The Bertz CT molecular complexity index is 764. The number of aromatic nitrogens is 2. The van der Waals surface area contributed by atoms with E-state index in [1.807, 2.05) is 31.2 Å². The third-order valence-electron chi connectivity index (χ3n) is 3.40. The molecule has 0 aliphatic carbocycles. The molecule has 1 heterocycles. The predicted octanol–water partition coefficient (Wildman–Crippen LogP) is 4.27. The summed E-state index contributed by atoms with van der Waals surface area (Å²) < 4.78 is 15.4. The maximum absolute atomic E-state index is 13.3. The van der Waals surface area contributed by atoms with Gasteiger partial charge in [-0.2, -0.15) is 0 Å². The first-order valence-corrected chi connectivity index (χ1v) is 6.97. The molecule has 0 bridgehead atoms. The van der Waals surface area contributed by atoms with Crippen molar-refractivity contribution in [3.63, 3.8) is 0 Å². The van der Waals surface area contributed by atoms with Crippen molar-refractivity contribution in [2.75, 3.05) is 0 Å². The fourth-order valence-electron chi connectivity index (χ4n) is 2.50. The van der Waals surface area contributed by atoms with E-state index in [1.54, 1.807) is 12.1 Å². The van der Waals surface area contributed by atoms with Crippen molar-refractivity contribution in [2.24, 2.45) is 0 Å². The molecule has 0 radical (unpaired) electrons. The Balaban J connectivity index is 2.14. The first kappa shape index (κ1) is 13.1. The molecule has 0 aliphatic rings. The number of rotatable bonds is 3. The van der Waals surface area contributed by atoms with E-state index in [2.05, 4.69) is 9.55 Å². The fourth-order valence-corrected chi connectivity index (χ4v) is 2.71. The molecule has 2 nitrogen and oxygen atoms in total. The van der Waals surface area contributed by atoms with Crippen molar-refractivity contribution in [3.05, 3.63) is 65.2 Å². The highest BCUT2D eigenvalue weighted by Crippen LogP contribution is 2.22. The third-order valence-corrected chi connectivity index (χ3v) is 3.64. The first-order chi connectivity index (χ1) is 9.69. The Hall–Kier alpha value is -1.87. The van der Waals surface area contributed by atoms with Crippen LogP contribution in [0.3, 0.4) is 0 Å². The smallest absolute Gasteiger partial charge is 0.125 e. The van der Waals surface area contributed by atoms with Crippen molar-refractivity contribution in [1.29, 1.82) is 0 Å². The van der Waals surface area contributed by atoms with E-state index < -0.39 is 0 Å². The van der Waals surface area contributed by atoms with Gasteiger partial charge in [0.25, 0.3) is 0 Å². The molecule has 1 aromatic heterocycles. The molecule has 0 unspecified atom stereocenters. The molecular weight excluding hydrogens is 275 g/mol. The predicted molar refractivity (Wildman–Crippen MR) is 79.5 cm³/mol. The van der Waals surface area contributed by atoms with E-state index >= 15 is 0 Å². The summed E-state index contributed by atoms with van der Waals surface area (Å²) in [6.45, 7) is 2.62. The van der Waals surface area contributed by atoms with Crippen LogP contribution >= 0.6 is 11.6 Å². The number of halogens is 2. The summed E-state index contributed by atoms with van der Waals surface area (Å²) in [4.78, 5) is 4.55. The van der Waals surface area contributed by atoms with Gasteiger partial charge < -0.3 is 4.57 Å². The largest absolute Gasteiger partial charge is 0.322 e. The summed E-state index contributed by atoms with van der Waals surface area (Å²) in [5.74, 6) is 0.917. The van der Waals surface area contributed by atoms with Crippen molar-refractivity contribution >= 4 is 22.6 Å². The highest BCUT2D eigenvalue weighted by atomic mass is 35.5. The summed E-state index contributed by atoms with van der Waals surface area (Å²) in [6, 6.07) is 12.6. The van der Waals surface area contributed by atoms with Gasteiger partial charge in [-0.05, 0) is 36.2 Å². The average molecular weight is 289 g/mol. The van der Waals surface area contributed by atoms with E-state index in [-0.39, 0.29) is 5.82 Å². The number of imidazole rings is 1. The van der Waals surface area contributed by atoms with Gasteiger partial charge in [0, 0.05) is 6.54 Å². The highest BCUT2D eigenvalue weighted by molar-refractivity contribution is 6.16. The molecule has 102 valence electrons. The summed E-state index contributed by atoms with van der Waals surface area (Å²) >= 11 is 6.00. The Labute approximate surface area is 121 Å². The normalized spacial score (nSPS) is 11.2. The molecule has 0 saturated carbocycles. The van der Waals surface area contributed by atoms with E-state index in [0.717, 1.165) is 28.0 Å². The molecule has 0 spiro atoms. The zero-order valence-electron chi connectivity index (χ0n) is 11.1. The fraction of sp³-hybridized carbons (Fsp3) is 0.188. The van der Waals surface area contributed by atoms with Crippen molar-refractivity contribution < 1.29 is 4.39 Å². The topological polar surface area (TPSA) is 17.8 Å². The van der Waals surface area contributed by atoms with Gasteiger partial charge in [-0.15, -0.1) is 11.6 Å². The SMILES string of the molecule is Cc1cccc2nc(CCl)n(Cc3cccc(F)c3)c12. The van der Waals surface area contributed by atoms with Crippen LogP contribution in [-0.4, -0.2) is 9.55 Å². The Kier molecular flexibility index (Phi) is 3.45. The minimum absolute atomic E-state index is 0.226. The molecule has 0 atom stereocenters. The van der Waals surface area contributed by atoms with Crippen LogP contribution in [-0.2, 0) is 12.4 Å². The molecule has 3 aromatic rings. The molecular formula is C16H14ClFN2. The van der Waals surface area contributed by atoms with Gasteiger partial charge in [-0.1, -0.05) is 24.3 Å². The molecule has 0 amide bonds. The number of fused-ring (bicyclic) bond motifs is 1. The maximum Gasteiger partial charge on any atom is 0.125 e. The van der Waals surface area contributed by atoms with Gasteiger partial charge in [0.05, 0.1) is 16.9 Å². The second-order valence-electron chi connectivity index (χ2n) is 4.82. The standard InChI is InChI=1S/C16H14ClFN2/c1-11-4-2-7-14-16(11)20(15(9-17)19-14)10-12-5-3-6-13(18)8-12/h2-8H,9-10H2,1H3. The van der Waals surface area contributed by atoms with Gasteiger partial charge in [0.15, 0.2) is 0 Å². The second-order valence-corrected chi connectivity index (χ2v) is 5.09. The van der Waals surface area contributed by atoms with Crippen LogP contribution in [0.2, 0.25) is 0 Å². The van der Waals surface area contributed by atoms with Crippen LogP contribution in [0.1, 0.15) is 17.0 Å². The lowest BCUT2D eigenvalue weighted by molar-refractivity contribution is 0.623. The minimum atomic E-state index is -0.226. The third kappa shape index (κ3) is 2.29. The number of alkyl halides is 1. The zero-order chi connectivity index (χ0) is 14.1. The van der Waals surface area contributed by atoms with Gasteiger partial charge in [0.2, 0.25) is 0 Å². The highest BCUT2D eigenvalue weighted by Gasteiger charge is 2.12. The molecule has 3 rings (SSSR count). The number of benzene rings is 2. The zero-order valence-corrected chi connectivity index (χ0v) is 11.9. The number of para-hydroxylation sites is 1. The van der Waals surface area contributed by atoms with Gasteiger partial charge in [0.1, 0.15) is 11.6 Å². The molecule has 4 heteroatoms. The lowest BCUT2D eigenvalue weighted by atomic mass is 10.2. The lowest BCUT2D eigenvalue weighted by Crippen LogP contribution is -2.04. The Morgan fingerprint density at radius 1 is 1.20 bits per heavy atom. The maximum atomic E-state index is 13.3. The van der Waals surface area contributed by atoms with E-state index in [0.29, 0.717) is 12.4 Å². The first-order valence-electron chi connectivity index (χ1n) is 6.44. The summed E-state index contributed by atoms with van der Waals surface area (Å²) in [7, 11) is 0. The summed E-state index contributed by atoms with van der Waals surface area (Å²) in [5, 5.41) is 0. The number of hydrogen-bond donors (Lipinski definition) is 0. The van der Waals surface area contributed by atoms with Crippen molar-refractivity contribution in [2.45, 2.75) is 19.3 Å². The quantitative estimate of drug-likeness (QED) is 0.658. The molecule has 2 aromatic carbocycles. The van der Waals surface area contributed by atoms with Gasteiger partial charge in [-0.3, -0.25) is 0 Å². The van der Waals surface area contributed by atoms with E-state index in [4.69, 9.17) is 11.6 Å². The van der Waals surface area contributed by atoms with Gasteiger partial charge >= 0.3 is 0 Å². The van der Waals surface area contributed by atoms with Crippen LogP contribution in [0.25, 0.3) is 11.0 Å². The lowest BCUT2D eigenvalue weighted by Gasteiger charge is -2.09. The molecule has 0 aliphatic heterocycles. The van der Waals surface area contributed by atoms with Crippen LogP contribution < -0.4 is 0 Å².